The Hall–Kier alpha value is -2.55. The monoisotopic (exact) mass is 463 g/mol. The SMILES string of the molecule is CCN(CC(=O)Nc1c(Cl)cccc1Cl)C(=O)c1ccc(CSc2ncn[nH]2)cc1. The number of H-pyrrole nitrogens is 1. The number of halogens is 2. The lowest BCUT2D eigenvalue weighted by Crippen LogP contribution is -2.37. The van der Waals surface area contributed by atoms with Crippen LogP contribution >= 0.6 is 35.0 Å². The van der Waals surface area contributed by atoms with Crippen LogP contribution in [-0.2, 0) is 10.5 Å². The van der Waals surface area contributed by atoms with Gasteiger partial charge in [-0.2, -0.15) is 5.10 Å². The van der Waals surface area contributed by atoms with Crippen molar-refractivity contribution < 1.29 is 9.59 Å². The molecule has 0 aliphatic heterocycles. The van der Waals surface area contributed by atoms with E-state index in [0.717, 1.165) is 10.7 Å². The van der Waals surface area contributed by atoms with Gasteiger partial charge in [-0.1, -0.05) is 53.2 Å². The zero-order valence-corrected chi connectivity index (χ0v) is 18.4. The zero-order chi connectivity index (χ0) is 21.5. The number of hydrogen-bond donors (Lipinski definition) is 2. The predicted octanol–water partition coefficient (Wildman–Crippen LogP) is 4.50. The number of nitrogens with one attached hydrogen (secondary N) is 2. The van der Waals surface area contributed by atoms with E-state index < -0.39 is 0 Å². The summed E-state index contributed by atoms with van der Waals surface area (Å²) in [4.78, 5) is 30.8. The molecule has 1 aromatic heterocycles. The van der Waals surface area contributed by atoms with Gasteiger partial charge < -0.3 is 10.2 Å². The fourth-order valence-corrected chi connectivity index (χ4v) is 3.87. The number of aromatic amines is 1. The van der Waals surface area contributed by atoms with Gasteiger partial charge in [0, 0.05) is 17.9 Å². The number of amides is 2. The molecule has 0 spiro atoms. The van der Waals surface area contributed by atoms with E-state index >= 15 is 0 Å². The molecular weight excluding hydrogens is 445 g/mol. The van der Waals surface area contributed by atoms with Crippen molar-refractivity contribution >= 4 is 52.5 Å². The number of benzene rings is 2. The molecule has 156 valence electrons. The van der Waals surface area contributed by atoms with Crippen molar-refractivity contribution in [3.63, 3.8) is 0 Å². The molecule has 0 radical (unpaired) electrons. The van der Waals surface area contributed by atoms with E-state index in [0.29, 0.717) is 33.6 Å². The van der Waals surface area contributed by atoms with Crippen molar-refractivity contribution in [2.75, 3.05) is 18.4 Å². The summed E-state index contributed by atoms with van der Waals surface area (Å²) < 4.78 is 0. The van der Waals surface area contributed by atoms with Crippen molar-refractivity contribution in [1.82, 2.24) is 20.1 Å². The fourth-order valence-electron chi connectivity index (χ4n) is 2.64. The Bertz CT molecular complexity index is 992. The molecule has 3 aromatic rings. The Morgan fingerprint density at radius 3 is 2.43 bits per heavy atom. The smallest absolute Gasteiger partial charge is 0.254 e. The number of thioether (sulfide) groups is 1. The van der Waals surface area contributed by atoms with E-state index in [1.807, 2.05) is 19.1 Å². The van der Waals surface area contributed by atoms with E-state index in [-0.39, 0.29) is 18.4 Å². The van der Waals surface area contributed by atoms with Crippen LogP contribution < -0.4 is 5.32 Å². The second kappa shape index (κ2) is 10.5. The first-order chi connectivity index (χ1) is 14.5. The van der Waals surface area contributed by atoms with Gasteiger partial charge in [-0.3, -0.25) is 14.7 Å². The average Bonchev–Trinajstić information content (AvgIpc) is 3.27. The number of carbonyl (C=O) groups excluding carboxylic acids is 2. The molecule has 0 saturated carbocycles. The molecular formula is C20H19Cl2N5O2S. The summed E-state index contributed by atoms with van der Waals surface area (Å²) in [6.45, 7) is 2.08. The average molecular weight is 464 g/mol. The molecule has 0 unspecified atom stereocenters. The number of para-hydroxylation sites is 1. The number of aromatic nitrogens is 3. The van der Waals surface area contributed by atoms with Crippen LogP contribution in [0.3, 0.4) is 0 Å². The summed E-state index contributed by atoms with van der Waals surface area (Å²) in [5.41, 5.74) is 1.89. The Morgan fingerprint density at radius 2 is 1.83 bits per heavy atom. The largest absolute Gasteiger partial charge is 0.330 e. The van der Waals surface area contributed by atoms with Gasteiger partial charge in [-0.05, 0) is 36.8 Å². The van der Waals surface area contributed by atoms with E-state index in [4.69, 9.17) is 23.2 Å². The molecule has 30 heavy (non-hydrogen) atoms. The highest BCUT2D eigenvalue weighted by Gasteiger charge is 2.19. The van der Waals surface area contributed by atoms with Crippen LogP contribution in [0.15, 0.2) is 53.9 Å². The van der Waals surface area contributed by atoms with Gasteiger partial charge in [-0.25, -0.2) is 4.98 Å². The van der Waals surface area contributed by atoms with E-state index in [2.05, 4.69) is 20.5 Å². The van der Waals surface area contributed by atoms with Gasteiger partial charge in [0.2, 0.25) is 5.91 Å². The fraction of sp³-hybridized carbons (Fsp3) is 0.200. The number of anilines is 1. The molecule has 0 atom stereocenters. The third-order valence-electron chi connectivity index (χ3n) is 4.20. The van der Waals surface area contributed by atoms with Crippen LogP contribution in [-0.4, -0.2) is 45.0 Å². The van der Waals surface area contributed by atoms with E-state index in [1.54, 1.807) is 30.3 Å². The van der Waals surface area contributed by atoms with Gasteiger partial charge in [0.05, 0.1) is 15.7 Å². The lowest BCUT2D eigenvalue weighted by molar-refractivity contribution is -0.116. The topological polar surface area (TPSA) is 91.0 Å². The van der Waals surface area contributed by atoms with Gasteiger partial charge in [0.15, 0.2) is 5.16 Å². The number of carbonyl (C=O) groups is 2. The maximum atomic E-state index is 12.8. The molecule has 1 heterocycles. The summed E-state index contributed by atoms with van der Waals surface area (Å²) in [6.07, 6.45) is 1.46. The minimum Gasteiger partial charge on any atom is -0.330 e. The Balaban J connectivity index is 1.60. The third kappa shape index (κ3) is 5.75. The van der Waals surface area contributed by atoms with Crippen LogP contribution in [0, 0.1) is 0 Å². The standard InChI is InChI=1S/C20H19Cl2N5O2S/c1-2-27(10-17(28)25-18-15(21)4-3-5-16(18)22)19(29)14-8-6-13(7-9-14)11-30-20-23-12-24-26-20/h3-9,12H,2,10-11H2,1H3,(H,25,28)(H,23,24,26). The highest BCUT2D eigenvalue weighted by molar-refractivity contribution is 7.98. The Morgan fingerprint density at radius 1 is 1.13 bits per heavy atom. The lowest BCUT2D eigenvalue weighted by Gasteiger charge is -2.21. The molecule has 0 aliphatic rings. The molecule has 3 rings (SSSR count). The molecule has 0 saturated heterocycles. The van der Waals surface area contributed by atoms with Gasteiger partial charge in [0.1, 0.15) is 12.9 Å². The summed E-state index contributed by atoms with van der Waals surface area (Å²) in [5, 5.41) is 10.7. The number of nitrogens with zero attached hydrogens (tertiary/aromatic N) is 3. The number of hydrogen-bond acceptors (Lipinski definition) is 5. The summed E-state index contributed by atoms with van der Waals surface area (Å²) in [7, 11) is 0. The lowest BCUT2D eigenvalue weighted by atomic mass is 10.1. The van der Waals surface area contributed by atoms with Crippen molar-refractivity contribution in [1.29, 1.82) is 0 Å². The Kier molecular flexibility index (Phi) is 7.73. The predicted molar refractivity (Wildman–Crippen MR) is 119 cm³/mol. The van der Waals surface area contributed by atoms with Crippen LogP contribution in [0.25, 0.3) is 0 Å². The molecule has 0 bridgehead atoms. The normalized spacial score (nSPS) is 10.6. The van der Waals surface area contributed by atoms with Gasteiger partial charge >= 0.3 is 0 Å². The molecule has 10 heteroatoms. The summed E-state index contributed by atoms with van der Waals surface area (Å²) in [5.74, 6) is 0.0925. The molecule has 7 nitrogen and oxygen atoms in total. The summed E-state index contributed by atoms with van der Waals surface area (Å²) in [6, 6.07) is 12.2. The number of likely N-dealkylation sites (N-methyl/N-ethyl adjacent to an activating group) is 1. The van der Waals surface area contributed by atoms with Crippen molar-refractivity contribution in [3.8, 4) is 0 Å². The third-order valence-corrected chi connectivity index (χ3v) is 5.78. The maximum Gasteiger partial charge on any atom is 0.254 e. The first-order valence-corrected chi connectivity index (χ1v) is 10.8. The highest BCUT2D eigenvalue weighted by Crippen LogP contribution is 2.29. The minimum absolute atomic E-state index is 0.111. The van der Waals surface area contributed by atoms with Gasteiger partial charge in [-0.15, -0.1) is 0 Å². The van der Waals surface area contributed by atoms with Crippen LogP contribution in [0.1, 0.15) is 22.8 Å². The first kappa shape index (κ1) is 22.1. The molecule has 2 amide bonds. The minimum atomic E-state index is -0.375. The van der Waals surface area contributed by atoms with Crippen molar-refractivity contribution in [3.05, 3.63) is 70.0 Å². The molecule has 2 N–H and O–H groups in total. The maximum absolute atomic E-state index is 12.8. The van der Waals surface area contributed by atoms with Crippen LogP contribution in [0.2, 0.25) is 10.0 Å². The molecule has 0 fully saturated rings. The first-order valence-electron chi connectivity index (χ1n) is 9.08. The highest BCUT2D eigenvalue weighted by atomic mass is 35.5. The van der Waals surface area contributed by atoms with Crippen molar-refractivity contribution in [2.24, 2.45) is 0 Å². The second-order valence-electron chi connectivity index (χ2n) is 6.24. The van der Waals surface area contributed by atoms with E-state index in [1.165, 1.54) is 23.0 Å². The Labute approximate surface area is 188 Å². The van der Waals surface area contributed by atoms with Crippen molar-refractivity contribution in [2.45, 2.75) is 17.8 Å². The van der Waals surface area contributed by atoms with Crippen LogP contribution in [0.5, 0.6) is 0 Å². The molecule has 0 aliphatic carbocycles. The second-order valence-corrected chi connectivity index (χ2v) is 8.02. The van der Waals surface area contributed by atoms with Crippen LogP contribution in [0.4, 0.5) is 5.69 Å². The molecule has 2 aromatic carbocycles. The van der Waals surface area contributed by atoms with Gasteiger partial charge in [0.25, 0.3) is 5.91 Å². The zero-order valence-electron chi connectivity index (χ0n) is 16.1. The summed E-state index contributed by atoms with van der Waals surface area (Å²) >= 11 is 13.7. The quantitative estimate of drug-likeness (QED) is 0.479. The number of rotatable bonds is 8. The van der Waals surface area contributed by atoms with E-state index in [9.17, 15) is 9.59 Å².